The Morgan fingerprint density at radius 2 is 2.14 bits per heavy atom. The lowest BCUT2D eigenvalue weighted by atomic mass is 9.98. The van der Waals surface area contributed by atoms with Crippen LogP contribution in [0.5, 0.6) is 0 Å². The lowest BCUT2D eigenvalue weighted by Gasteiger charge is -2.31. The molecule has 116 valence electrons. The van der Waals surface area contributed by atoms with Gasteiger partial charge in [0.05, 0.1) is 9.83 Å². The zero-order chi connectivity index (χ0) is 15.7. The number of aliphatic carboxylic acids is 1. The van der Waals surface area contributed by atoms with Gasteiger partial charge in [0.15, 0.2) is 0 Å². The molecule has 2 atom stereocenters. The molecular formula is C17H18BrNO2S. The van der Waals surface area contributed by atoms with E-state index >= 15 is 0 Å². The Labute approximate surface area is 142 Å². The van der Waals surface area contributed by atoms with Crippen LogP contribution >= 0.6 is 27.3 Å². The first kappa shape index (κ1) is 15.7. The molecule has 22 heavy (non-hydrogen) atoms. The molecule has 1 aromatic carbocycles. The number of benzene rings is 1. The number of carbonyl (C=O) groups is 1. The third-order valence-electron chi connectivity index (χ3n) is 4.26. The van der Waals surface area contributed by atoms with E-state index in [1.807, 2.05) is 18.2 Å². The van der Waals surface area contributed by atoms with E-state index in [1.54, 1.807) is 11.3 Å². The van der Waals surface area contributed by atoms with Crippen molar-refractivity contribution in [1.29, 1.82) is 0 Å². The van der Waals surface area contributed by atoms with E-state index < -0.39 is 12.0 Å². The summed E-state index contributed by atoms with van der Waals surface area (Å²) in [5, 5.41) is 9.55. The molecule has 0 saturated carbocycles. The molecule has 0 radical (unpaired) electrons. The van der Waals surface area contributed by atoms with Crippen LogP contribution < -0.4 is 0 Å². The zero-order valence-corrected chi connectivity index (χ0v) is 14.7. The van der Waals surface area contributed by atoms with Crippen LogP contribution in [-0.2, 0) is 4.79 Å². The van der Waals surface area contributed by atoms with Gasteiger partial charge < -0.3 is 5.11 Å². The van der Waals surface area contributed by atoms with E-state index in [0.29, 0.717) is 0 Å². The van der Waals surface area contributed by atoms with E-state index in [4.69, 9.17) is 0 Å². The monoisotopic (exact) mass is 379 g/mol. The van der Waals surface area contributed by atoms with E-state index in [0.717, 1.165) is 23.2 Å². The summed E-state index contributed by atoms with van der Waals surface area (Å²) in [6.45, 7) is 2.92. The van der Waals surface area contributed by atoms with Crippen molar-refractivity contribution in [3.63, 3.8) is 0 Å². The molecular weight excluding hydrogens is 362 g/mol. The number of hydrogen-bond acceptors (Lipinski definition) is 3. The van der Waals surface area contributed by atoms with Crippen molar-refractivity contribution in [2.45, 2.75) is 31.8 Å². The number of rotatable bonds is 4. The van der Waals surface area contributed by atoms with Crippen molar-refractivity contribution < 1.29 is 9.90 Å². The molecule has 1 aliphatic rings. The van der Waals surface area contributed by atoms with Crippen molar-refractivity contribution in [2.75, 3.05) is 6.54 Å². The predicted molar refractivity (Wildman–Crippen MR) is 92.4 cm³/mol. The molecule has 3 rings (SSSR count). The second-order valence-corrected chi connectivity index (χ2v) is 8.13. The van der Waals surface area contributed by atoms with Gasteiger partial charge in [-0.3, -0.25) is 9.69 Å². The summed E-state index contributed by atoms with van der Waals surface area (Å²) in [4.78, 5) is 15.0. The number of halogens is 1. The number of carboxylic acid groups (broad SMARTS) is 1. The van der Waals surface area contributed by atoms with Gasteiger partial charge >= 0.3 is 5.97 Å². The van der Waals surface area contributed by atoms with Crippen LogP contribution in [0.1, 0.15) is 34.9 Å². The van der Waals surface area contributed by atoms with Gasteiger partial charge in [-0.2, -0.15) is 0 Å². The Bertz CT molecular complexity index is 685. The SMILES string of the molecule is Cc1ccccc1C(c1ccc(Br)s1)N1CCCC1C(=O)O. The second-order valence-electron chi connectivity index (χ2n) is 5.64. The fraction of sp³-hybridized carbons (Fsp3) is 0.353. The van der Waals surface area contributed by atoms with Gasteiger partial charge in [0, 0.05) is 11.4 Å². The van der Waals surface area contributed by atoms with Gasteiger partial charge in [0.25, 0.3) is 0 Å². The predicted octanol–water partition coefficient (Wildman–Crippen LogP) is 4.46. The Balaban J connectivity index is 2.07. The van der Waals surface area contributed by atoms with Gasteiger partial charge in [-0.05, 0) is 59.0 Å². The Kier molecular flexibility index (Phi) is 4.66. The molecule has 1 saturated heterocycles. The molecule has 1 aliphatic heterocycles. The molecule has 0 amide bonds. The van der Waals surface area contributed by atoms with Gasteiger partial charge in [-0.15, -0.1) is 11.3 Å². The first-order valence-electron chi connectivity index (χ1n) is 7.37. The number of aryl methyl sites for hydroxylation is 1. The second kappa shape index (κ2) is 6.52. The Morgan fingerprint density at radius 1 is 1.36 bits per heavy atom. The third kappa shape index (κ3) is 2.98. The van der Waals surface area contributed by atoms with E-state index in [9.17, 15) is 9.90 Å². The van der Waals surface area contributed by atoms with E-state index in [2.05, 4.69) is 46.0 Å². The number of likely N-dealkylation sites (tertiary alicyclic amines) is 1. The highest BCUT2D eigenvalue weighted by atomic mass is 79.9. The maximum absolute atomic E-state index is 11.6. The third-order valence-corrected chi connectivity index (χ3v) is 5.93. The summed E-state index contributed by atoms with van der Waals surface area (Å²) in [5.74, 6) is -0.716. The van der Waals surface area contributed by atoms with Crippen molar-refractivity contribution in [3.05, 3.63) is 56.2 Å². The maximum Gasteiger partial charge on any atom is 0.320 e. The summed E-state index contributed by atoms with van der Waals surface area (Å²) in [6, 6.07) is 12.0. The van der Waals surface area contributed by atoms with Gasteiger partial charge in [0.2, 0.25) is 0 Å². The summed E-state index contributed by atoms with van der Waals surface area (Å²) < 4.78 is 1.08. The van der Waals surface area contributed by atoms with Crippen LogP contribution in [0.3, 0.4) is 0 Å². The van der Waals surface area contributed by atoms with E-state index in [1.165, 1.54) is 16.0 Å². The van der Waals surface area contributed by atoms with Crippen molar-refractivity contribution in [1.82, 2.24) is 4.90 Å². The van der Waals surface area contributed by atoms with E-state index in [-0.39, 0.29) is 6.04 Å². The van der Waals surface area contributed by atoms with Crippen LogP contribution in [0.15, 0.2) is 40.2 Å². The van der Waals surface area contributed by atoms with Crippen LogP contribution in [0.4, 0.5) is 0 Å². The van der Waals surface area contributed by atoms with Crippen LogP contribution in [0.2, 0.25) is 0 Å². The molecule has 0 spiro atoms. The number of hydrogen-bond donors (Lipinski definition) is 1. The first-order valence-corrected chi connectivity index (χ1v) is 8.98. The molecule has 0 bridgehead atoms. The standard InChI is InChI=1S/C17H18BrNO2S/c1-11-5-2-3-6-12(11)16(14-8-9-15(18)22-14)19-10-4-7-13(19)17(20)21/h2-3,5-6,8-9,13,16H,4,7,10H2,1H3,(H,20,21). The topological polar surface area (TPSA) is 40.5 Å². The van der Waals surface area contributed by atoms with Gasteiger partial charge in [-0.25, -0.2) is 0 Å². The first-order chi connectivity index (χ1) is 10.6. The van der Waals surface area contributed by atoms with Crippen LogP contribution in [-0.4, -0.2) is 28.6 Å². The average Bonchev–Trinajstić information content (AvgIpc) is 3.11. The highest BCUT2D eigenvalue weighted by Gasteiger charge is 2.37. The largest absolute Gasteiger partial charge is 0.480 e. The van der Waals surface area contributed by atoms with Crippen molar-refractivity contribution in [2.24, 2.45) is 0 Å². The molecule has 0 aliphatic carbocycles. The summed E-state index contributed by atoms with van der Waals surface area (Å²) in [6.07, 6.45) is 1.66. The quantitative estimate of drug-likeness (QED) is 0.852. The normalized spacial score (nSPS) is 20.2. The molecule has 2 heterocycles. The number of nitrogens with zero attached hydrogens (tertiary/aromatic N) is 1. The molecule has 2 aromatic rings. The van der Waals surface area contributed by atoms with Gasteiger partial charge in [0.1, 0.15) is 6.04 Å². The Hall–Kier alpha value is -1.17. The number of carboxylic acids is 1. The molecule has 2 unspecified atom stereocenters. The molecule has 1 aromatic heterocycles. The molecule has 1 fully saturated rings. The fourth-order valence-corrected chi connectivity index (χ4v) is 4.79. The highest BCUT2D eigenvalue weighted by molar-refractivity contribution is 9.11. The molecule has 1 N–H and O–H groups in total. The van der Waals surface area contributed by atoms with Crippen LogP contribution in [0.25, 0.3) is 0 Å². The molecule has 3 nitrogen and oxygen atoms in total. The highest BCUT2D eigenvalue weighted by Crippen LogP contribution is 2.40. The Morgan fingerprint density at radius 3 is 2.77 bits per heavy atom. The summed E-state index contributed by atoms with van der Waals surface area (Å²) in [5.41, 5.74) is 2.40. The minimum absolute atomic E-state index is 0.0149. The summed E-state index contributed by atoms with van der Waals surface area (Å²) >= 11 is 5.21. The minimum atomic E-state index is -0.716. The molecule has 5 heteroatoms. The van der Waals surface area contributed by atoms with Crippen LogP contribution in [0, 0.1) is 6.92 Å². The summed E-state index contributed by atoms with van der Waals surface area (Å²) in [7, 11) is 0. The van der Waals surface area contributed by atoms with Crippen molar-refractivity contribution in [3.8, 4) is 0 Å². The smallest absolute Gasteiger partial charge is 0.320 e. The lowest BCUT2D eigenvalue weighted by molar-refractivity contribution is -0.142. The zero-order valence-electron chi connectivity index (χ0n) is 12.3. The average molecular weight is 380 g/mol. The van der Waals surface area contributed by atoms with Gasteiger partial charge in [-0.1, -0.05) is 24.3 Å². The minimum Gasteiger partial charge on any atom is -0.480 e. The lowest BCUT2D eigenvalue weighted by Crippen LogP contribution is -2.39. The fourth-order valence-electron chi connectivity index (χ4n) is 3.23. The van der Waals surface area contributed by atoms with Crippen molar-refractivity contribution >= 4 is 33.2 Å². The number of thiophene rings is 1. The maximum atomic E-state index is 11.6.